The largest absolute Gasteiger partial charge is 0.385 e. The van der Waals surface area contributed by atoms with Gasteiger partial charge in [-0.05, 0) is 13.1 Å². The summed E-state index contributed by atoms with van der Waals surface area (Å²) in [5, 5.41) is 10.3. The molecule has 0 bridgehead atoms. The molecule has 0 aromatic carbocycles. The molecule has 1 saturated heterocycles. The summed E-state index contributed by atoms with van der Waals surface area (Å²) in [6, 6.07) is 0.0120. The van der Waals surface area contributed by atoms with Crippen molar-refractivity contribution >= 4 is 18.5 Å². The first-order valence-electron chi connectivity index (χ1n) is 5.67. The van der Waals surface area contributed by atoms with Crippen LogP contribution in [-0.2, 0) is 9.53 Å². The minimum atomic E-state index is -0.731. The number of hydrogen-bond acceptors (Lipinski definition) is 5. The number of amides is 1. The zero-order valence-electron chi connectivity index (χ0n) is 10.2. The molecule has 1 aliphatic rings. The lowest BCUT2D eigenvalue weighted by molar-refractivity contribution is -0.114. The number of rotatable bonds is 6. The van der Waals surface area contributed by atoms with Crippen LogP contribution in [0.15, 0.2) is 16.8 Å². The monoisotopic (exact) mass is 253 g/mol. The molecule has 2 atom stereocenters. The van der Waals surface area contributed by atoms with Crippen LogP contribution in [0.5, 0.6) is 0 Å². The number of carbonyl (C=O) groups is 1. The molecule has 0 spiro atoms. The summed E-state index contributed by atoms with van der Waals surface area (Å²) in [7, 11) is 0. The van der Waals surface area contributed by atoms with Crippen molar-refractivity contribution in [2.75, 3.05) is 19.8 Å². The van der Waals surface area contributed by atoms with Crippen molar-refractivity contribution in [3.05, 3.63) is 11.8 Å². The number of nitrogens with zero attached hydrogens (tertiary/aromatic N) is 1. The summed E-state index contributed by atoms with van der Waals surface area (Å²) in [6.07, 6.45) is 2.25. The Morgan fingerprint density at radius 3 is 2.89 bits per heavy atom. The molecule has 1 unspecified atom stereocenters. The second-order valence-electron chi connectivity index (χ2n) is 4.14. The van der Waals surface area contributed by atoms with Crippen LogP contribution in [0, 0.1) is 11.3 Å². The van der Waals surface area contributed by atoms with Crippen molar-refractivity contribution in [3.63, 3.8) is 0 Å². The third-order valence-electron chi connectivity index (χ3n) is 2.86. The summed E-state index contributed by atoms with van der Waals surface area (Å²) in [4.78, 5) is 14.9. The number of primary amides is 1. The van der Waals surface area contributed by atoms with Crippen LogP contribution in [0.25, 0.3) is 0 Å². The number of hydrogen-bond donors (Lipinski definition) is 4. The molecule has 7 heteroatoms. The lowest BCUT2D eigenvalue weighted by Gasteiger charge is -2.30. The fourth-order valence-electron chi connectivity index (χ4n) is 1.82. The Hall–Kier alpha value is -1.89. The summed E-state index contributed by atoms with van der Waals surface area (Å²) in [6.45, 7) is 5.31. The van der Waals surface area contributed by atoms with Gasteiger partial charge in [-0.25, -0.2) is 0 Å². The van der Waals surface area contributed by atoms with E-state index in [1.54, 1.807) is 0 Å². The molecule has 0 aromatic rings. The highest BCUT2D eigenvalue weighted by molar-refractivity contribution is 6.18. The van der Waals surface area contributed by atoms with Gasteiger partial charge in [-0.15, -0.1) is 0 Å². The quantitative estimate of drug-likeness (QED) is 0.275. The van der Waals surface area contributed by atoms with Crippen molar-refractivity contribution in [1.82, 2.24) is 5.32 Å². The Kier molecular flexibility index (Phi) is 5.31. The minimum Gasteiger partial charge on any atom is -0.385 e. The van der Waals surface area contributed by atoms with Gasteiger partial charge < -0.3 is 26.5 Å². The summed E-state index contributed by atoms with van der Waals surface area (Å²) < 4.78 is 5.36. The number of nitrogens with one attached hydrogen (secondary N) is 2. The van der Waals surface area contributed by atoms with Crippen LogP contribution < -0.4 is 16.8 Å². The molecule has 1 heterocycles. The Labute approximate surface area is 106 Å². The predicted octanol–water partition coefficient (Wildman–Crippen LogP) is -1.01. The number of nitrogens with two attached hydrogens (primary N) is 2. The van der Waals surface area contributed by atoms with Crippen LogP contribution >= 0.6 is 0 Å². The predicted molar refractivity (Wildman–Crippen MR) is 69.5 cm³/mol. The lowest BCUT2D eigenvalue weighted by Crippen LogP contribution is -2.43. The average Bonchev–Trinajstić information content (AvgIpc) is 2.31. The van der Waals surface area contributed by atoms with Crippen LogP contribution in [0.4, 0.5) is 0 Å². The number of amidine groups is 1. The van der Waals surface area contributed by atoms with Crippen LogP contribution in [-0.4, -0.2) is 44.3 Å². The van der Waals surface area contributed by atoms with Crippen molar-refractivity contribution in [2.24, 2.45) is 22.4 Å². The number of ether oxygens (including phenoxy) is 1. The van der Waals surface area contributed by atoms with E-state index in [-0.39, 0.29) is 23.4 Å². The molecule has 6 N–H and O–H groups in total. The summed E-state index contributed by atoms with van der Waals surface area (Å²) in [5.41, 5.74) is 10.3. The molecular weight excluding hydrogens is 234 g/mol. The van der Waals surface area contributed by atoms with E-state index in [1.807, 2.05) is 0 Å². The third-order valence-corrected chi connectivity index (χ3v) is 2.86. The first-order chi connectivity index (χ1) is 8.56. The highest BCUT2D eigenvalue weighted by Crippen LogP contribution is 2.16. The Morgan fingerprint density at radius 1 is 1.61 bits per heavy atom. The van der Waals surface area contributed by atoms with Gasteiger partial charge in [0.2, 0.25) is 0 Å². The lowest BCUT2D eigenvalue weighted by atomic mass is 9.95. The topological polar surface area (TPSA) is 127 Å². The zero-order chi connectivity index (χ0) is 13.5. The second-order valence-corrected chi connectivity index (χ2v) is 4.14. The van der Waals surface area contributed by atoms with Gasteiger partial charge in [-0.3, -0.25) is 10.2 Å². The molecule has 0 saturated carbocycles. The Bertz CT molecular complexity index is 350. The van der Waals surface area contributed by atoms with E-state index in [0.717, 1.165) is 6.42 Å². The van der Waals surface area contributed by atoms with Crippen molar-refractivity contribution in [2.45, 2.75) is 12.5 Å². The highest BCUT2D eigenvalue weighted by atomic mass is 16.5. The van der Waals surface area contributed by atoms with Gasteiger partial charge >= 0.3 is 0 Å². The maximum atomic E-state index is 11.1. The van der Waals surface area contributed by atoms with E-state index < -0.39 is 5.91 Å². The van der Waals surface area contributed by atoms with Gasteiger partial charge in [0.1, 0.15) is 5.84 Å². The van der Waals surface area contributed by atoms with E-state index in [4.69, 9.17) is 21.6 Å². The second kappa shape index (κ2) is 6.75. The van der Waals surface area contributed by atoms with Gasteiger partial charge in [0, 0.05) is 25.3 Å². The third kappa shape index (κ3) is 3.85. The van der Waals surface area contributed by atoms with Crippen molar-refractivity contribution < 1.29 is 9.53 Å². The molecule has 0 aromatic heterocycles. The standard InChI is InChI=1S/C11H19N5O2/c1-15-4-7-2-3-18-6-9(7)16-5-8(10(12)13)11(14)17/h5,7,9,16H,1-4,6H2,(H3,12,13)(H2,14,17)/b8-5+/t7-,9?/m0/s1. The van der Waals surface area contributed by atoms with Gasteiger partial charge in [0.25, 0.3) is 5.91 Å². The zero-order valence-corrected chi connectivity index (χ0v) is 10.2. The fraction of sp³-hybridized carbons (Fsp3) is 0.545. The molecule has 1 aliphatic heterocycles. The average molecular weight is 253 g/mol. The molecule has 0 radical (unpaired) electrons. The van der Waals surface area contributed by atoms with Crippen molar-refractivity contribution in [1.29, 1.82) is 5.41 Å². The molecule has 1 rings (SSSR count). The van der Waals surface area contributed by atoms with Crippen molar-refractivity contribution in [3.8, 4) is 0 Å². The Morgan fingerprint density at radius 2 is 2.33 bits per heavy atom. The van der Waals surface area contributed by atoms with E-state index in [1.165, 1.54) is 6.20 Å². The summed E-state index contributed by atoms with van der Waals surface area (Å²) >= 11 is 0. The molecule has 1 amide bonds. The highest BCUT2D eigenvalue weighted by Gasteiger charge is 2.24. The maximum absolute atomic E-state index is 11.1. The fourth-order valence-corrected chi connectivity index (χ4v) is 1.82. The summed E-state index contributed by atoms with van der Waals surface area (Å²) in [5.74, 6) is -0.802. The van der Waals surface area contributed by atoms with E-state index in [0.29, 0.717) is 19.8 Å². The van der Waals surface area contributed by atoms with Gasteiger partial charge in [-0.1, -0.05) is 0 Å². The normalized spacial score (nSPS) is 24.3. The molecule has 100 valence electrons. The SMILES string of the molecule is C=NC[C@@H]1CCOCC1N/C=C(\C(=N)N)C(N)=O. The van der Waals surface area contributed by atoms with E-state index in [2.05, 4.69) is 17.0 Å². The smallest absolute Gasteiger partial charge is 0.253 e. The maximum Gasteiger partial charge on any atom is 0.253 e. The van der Waals surface area contributed by atoms with Crippen LogP contribution in [0.1, 0.15) is 6.42 Å². The van der Waals surface area contributed by atoms with Crippen LogP contribution in [0.2, 0.25) is 0 Å². The van der Waals surface area contributed by atoms with Gasteiger partial charge in [0.15, 0.2) is 0 Å². The first-order valence-corrected chi connectivity index (χ1v) is 5.67. The molecule has 0 aliphatic carbocycles. The number of carbonyl (C=O) groups excluding carboxylic acids is 1. The van der Waals surface area contributed by atoms with E-state index >= 15 is 0 Å². The molecule has 18 heavy (non-hydrogen) atoms. The van der Waals surface area contributed by atoms with E-state index in [9.17, 15) is 4.79 Å². The first kappa shape index (κ1) is 14.2. The van der Waals surface area contributed by atoms with Gasteiger partial charge in [0.05, 0.1) is 18.2 Å². The number of aliphatic imine (C=N–C) groups is 1. The van der Waals surface area contributed by atoms with Crippen LogP contribution in [0.3, 0.4) is 0 Å². The molecule has 7 nitrogen and oxygen atoms in total. The van der Waals surface area contributed by atoms with Gasteiger partial charge in [-0.2, -0.15) is 0 Å². The molecular formula is C11H19N5O2. The minimum absolute atomic E-state index is 0.0120. The molecule has 1 fully saturated rings. The Balaban J connectivity index is 2.68.